The Kier molecular flexibility index (Phi) is 4.02. The highest BCUT2D eigenvalue weighted by Crippen LogP contribution is 2.15. The first-order valence-electron chi connectivity index (χ1n) is 6.79. The molecule has 1 aliphatic rings. The molecule has 0 radical (unpaired) electrons. The molecule has 0 atom stereocenters. The summed E-state index contributed by atoms with van der Waals surface area (Å²) in [5.41, 5.74) is 1.07. The van der Waals surface area contributed by atoms with Gasteiger partial charge < -0.3 is 5.32 Å². The molecule has 1 aromatic heterocycles. The van der Waals surface area contributed by atoms with E-state index in [4.69, 9.17) is 0 Å². The lowest BCUT2D eigenvalue weighted by atomic mass is 10.1. The summed E-state index contributed by atoms with van der Waals surface area (Å²) in [4.78, 5) is 2.40. The predicted molar refractivity (Wildman–Crippen MR) is 72.4 cm³/mol. The first kappa shape index (κ1) is 13.5. The molecular formula is C13H25N5. The zero-order chi connectivity index (χ0) is 13.2. The number of hydrogen-bond acceptors (Lipinski definition) is 4. The third kappa shape index (κ3) is 3.29. The van der Waals surface area contributed by atoms with Gasteiger partial charge in [0.15, 0.2) is 0 Å². The largest absolute Gasteiger partial charge is 0.317 e. The van der Waals surface area contributed by atoms with Crippen molar-refractivity contribution >= 4 is 0 Å². The smallest absolute Gasteiger partial charge is 0.0967 e. The standard InChI is InChI=1S/C13H25N5/c1-13(2,3)18-10-11(15-16-18)9-17(4)12-5-7-14-8-6-12/h10,12,14H,5-9H2,1-4H3. The maximum atomic E-state index is 4.27. The van der Waals surface area contributed by atoms with Crippen LogP contribution in [0.25, 0.3) is 0 Å². The van der Waals surface area contributed by atoms with Crippen LogP contribution in [0.3, 0.4) is 0 Å². The molecule has 18 heavy (non-hydrogen) atoms. The maximum absolute atomic E-state index is 4.27. The van der Waals surface area contributed by atoms with Crippen LogP contribution in [0.2, 0.25) is 0 Å². The molecule has 1 N–H and O–H groups in total. The van der Waals surface area contributed by atoms with Gasteiger partial charge in [0.1, 0.15) is 0 Å². The van der Waals surface area contributed by atoms with Gasteiger partial charge in [-0.15, -0.1) is 5.10 Å². The Hall–Kier alpha value is -0.940. The van der Waals surface area contributed by atoms with Crippen LogP contribution in [0.15, 0.2) is 6.20 Å². The third-order valence-corrected chi connectivity index (χ3v) is 3.57. The number of piperidine rings is 1. The Morgan fingerprint density at radius 3 is 2.61 bits per heavy atom. The lowest BCUT2D eigenvalue weighted by Crippen LogP contribution is -2.40. The van der Waals surface area contributed by atoms with Gasteiger partial charge >= 0.3 is 0 Å². The molecule has 0 unspecified atom stereocenters. The summed E-state index contributed by atoms with van der Waals surface area (Å²) in [6, 6.07) is 0.672. The Labute approximate surface area is 110 Å². The molecule has 0 aliphatic carbocycles. The van der Waals surface area contributed by atoms with E-state index in [-0.39, 0.29) is 5.54 Å². The lowest BCUT2D eigenvalue weighted by molar-refractivity contribution is 0.190. The van der Waals surface area contributed by atoms with Gasteiger partial charge in [-0.2, -0.15) is 0 Å². The van der Waals surface area contributed by atoms with Gasteiger partial charge in [-0.05, 0) is 53.8 Å². The minimum atomic E-state index is 0.0125. The summed E-state index contributed by atoms with van der Waals surface area (Å²) in [7, 11) is 2.19. The minimum Gasteiger partial charge on any atom is -0.317 e. The Bertz CT molecular complexity index is 373. The highest BCUT2D eigenvalue weighted by molar-refractivity contribution is 4.95. The summed E-state index contributed by atoms with van der Waals surface area (Å²) < 4.78 is 1.94. The summed E-state index contributed by atoms with van der Waals surface area (Å²) >= 11 is 0. The predicted octanol–water partition coefficient (Wildman–Crippen LogP) is 1.22. The zero-order valence-corrected chi connectivity index (χ0v) is 12.0. The topological polar surface area (TPSA) is 46.0 Å². The second-order valence-corrected chi connectivity index (χ2v) is 6.22. The Balaban J connectivity index is 1.94. The molecule has 102 valence electrons. The summed E-state index contributed by atoms with van der Waals surface area (Å²) in [6.07, 6.45) is 4.52. The molecule has 5 heteroatoms. The SMILES string of the molecule is CN(Cc1cn(C(C)(C)C)nn1)C1CCNCC1. The van der Waals surface area contributed by atoms with Gasteiger partial charge in [-0.25, -0.2) is 4.68 Å². The summed E-state index contributed by atoms with van der Waals surface area (Å²) in [5, 5.41) is 11.9. The molecule has 1 aliphatic heterocycles. The van der Waals surface area contributed by atoms with E-state index < -0.39 is 0 Å². The number of nitrogens with one attached hydrogen (secondary N) is 1. The van der Waals surface area contributed by atoms with E-state index in [9.17, 15) is 0 Å². The average molecular weight is 251 g/mol. The van der Waals surface area contributed by atoms with Crippen LogP contribution in [0, 0.1) is 0 Å². The van der Waals surface area contributed by atoms with E-state index >= 15 is 0 Å². The van der Waals surface area contributed by atoms with Crippen molar-refractivity contribution in [3.8, 4) is 0 Å². The summed E-state index contributed by atoms with van der Waals surface area (Å²) in [5.74, 6) is 0. The fourth-order valence-electron chi connectivity index (χ4n) is 2.33. The normalized spacial score (nSPS) is 18.5. The van der Waals surface area contributed by atoms with E-state index in [1.807, 2.05) is 4.68 Å². The first-order valence-corrected chi connectivity index (χ1v) is 6.79. The van der Waals surface area contributed by atoms with Crippen molar-refractivity contribution in [2.75, 3.05) is 20.1 Å². The van der Waals surface area contributed by atoms with Gasteiger partial charge in [-0.1, -0.05) is 5.21 Å². The van der Waals surface area contributed by atoms with Gasteiger partial charge in [-0.3, -0.25) is 4.90 Å². The van der Waals surface area contributed by atoms with Gasteiger partial charge in [0.2, 0.25) is 0 Å². The number of hydrogen-bond donors (Lipinski definition) is 1. The number of rotatable bonds is 3. The van der Waals surface area contributed by atoms with E-state index in [2.05, 4.69) is 54.5 Å². The number of nitrogens with zero attached hydrogens (tertiary/aromatic N) is 4. The van der Waals surface area contributed by atoms with E-state index in [0.717, 1.165) is 25.3 Å². The Morgan fingerprint density at radius 2 is 2.06 bits per heavy atom. The van der Waals surface area contributed by atoms with Crippen molar-refractivity contribution < 1.29 is 0 Å². The molecule has 0 bridgehead atoms. The molecular weight excluding hydrogens is 226 g/mol. The highest BCUT2D eigenvalue weighted by atomic mass is 15.4. The first-order chi connectivity index (χ1) is 8.47. The van der Waals surface area contributed by atoms with Gasteiger partial charge in [0.25, 0.3) is 0 Å². The molecule has 2 heterocycles. The Morgan fingerprint density at radius 1 is 1.39 bits per heavy atom. The van der Waals surface area contributed by atoms with E-state index in [1.54, 1.807) is 0 Å². The maximum Gasteiger partial charge on any atom is 0.0967 e. The quantitative estimate of drug-likeness (QED) is 0.877. The molecule has 1 aromatic rings. The zero-order valence-electron chi connectivity index (χ0n) is 12.0. The molecule has 5 nitrogen and oxygen atoms in total. The van der Waals surface area contributed by atoms with Gasteiger partial charge in [0, 0.05) is 12.6 Å². The summed E-state index contributed by atoms with van der Waals surface area (Å²) in [6.45, 7) is 9.57. The highest BCUT2D eigenvalue weighted by Gasteiger charge is 2.20. The van der Waals surface area contributed by atoms with Crippen LogP contribution in [-0.4, -0.2) is 46.1 Å². The van der Waals surface area contributed by atoms with Crippen LogP contribution in [-0.2, 0) is 12.1 Å². The van der Waals surface area contributed by atoms with Crippen molar-refractivity contribution in [2.24, 2.45) is 0 Å². The molecule has 0 amide bonds. The van der Waals surface area contributed by atoms with Crippen molar-refractivity contribution in [2.45, 2.75) is 51.7 Å². The molecule has 2 rings (SSSR count). The average Bonchev–Trinajstić information content (AvgIpc) is 2.78. The van der Waals surface area contributed by atoms with Crippen LogP contribution >= 0.6 is 0 Å². The monoisotopic (exact) mass is 251 g/mol. The molecule has 1 saturated heterocycles. The number of aromatic nitrogens is 3. The molecule has 1 fully saturated rings. The molecule has 0 spiro atoms. The fraction of sp³-hybridized carbons (Fsp3) is 0.846. The lowest BCUT2D eigenvalue weighted by Gasteiger charge is -2.30. The second kappa shape index (κ2) is 5.36. The van der Waals surface area contributed by atoms with Crippen molar-refractivity contribution in [3.63, 3.8) is 0 Å². The van der Waals surface area contributed by atoms with Crippen LogP contribution in [0.4, 0.5) is 0 Å². The van der Waals surface area contributed by atoms with E-state index in [1.165, 1.54) is 12.8 Å². The van der Waals surface area contributed by atoms with Crippen molar-refractivity contribution in [3.05, 3.63) is 11.9 Å². The third-order valence-electron chi connectivity index (χ3n) is 3.57. The fourth-order valence-corrected chi connectivity index (χ4v) is 2.33. The molecule has 0 saturated carbocycles. The van der Waals surface area contributed by atoms with Crippen LogP contribution in [0.1, 0.15) is 39.3 Å². The van der Waals surface area contributed by atoms with Crippen molar-refractivity contribution in [1.82, 2.24) is 25.2 Å². The van der Waals surface area contributed by atoms with E-state index in [0.29, 0.717) is 6.04 Å². The van der Waals surface area contributed by atoms with Crippen molar-refractivity contribution in [1.29, 1.82) is 0 Å². The minimum absolute atomic E-state index is 0.0125. The van der Waals surface area contributed by atoms with Crippen LogP contribution in [0.5, 0.6) is 0 Å². The van der Waals surface area contributed by atoms with Crippen LogP contribution < -0.4 is 5.32 Å². The molecule has 0 aromatic carbocycles. The second-order valence-electron chi connectivity index (χ2n) is 6.22. The van der Waals surface area contributed by atoms with Gasteiger partial charge in [0.05, 0.1) is 17.4 Å².